The van der Waals surface area contributed by atoms with Crippen molar-refractivity contribution in [2.24, 2.45) is 0 Å². The molecular formula is C13H24N4O. The average molecular weight is 252 g/mol. The predicted octanol–water partition coefficient (Wildman–Crippen LogP) is 1.64. The first-order chi connectivity index (χ1) is 8.65. The fourth-order valence-electron chi connectivity index (χ4n) is 2.24. The first-order valence-electron chi connectivity index (χ1n) is 6.77. The Hall–Kier alpha value is -1.07. The van der Waals surface area contributed by atoms with E-state index >= 15 is 0 Å². The molecule has 5 nitrogen and oxygen atoms in total. The summed E-state index contributed by atoms with van der Waals surface area (Å²) in [5.74, 6) is 0. The molecule has 0 radical (unpaired) electrons. The van der Waals surface area contributed by atoms with Gasteiger partial charge in [0.1, 0.15) is 0 Å². The minimum Gasteiger partial charge on any atom is -0.380 e. The van der Waals surface area contributed by atoms with Crippen molar-refractivity contribution in [3.8, 4) is 0 Å². The number of anilines is 1. The second-order valence-electron chi connectivity index (χ2n) is 5.31. The van der Waals surface area contributed by atoms with E-state index in [1.54, 1.807) is 0 Å². The summed E-state index contributed by atoms with van der Waals surface area (Å²) >= 11 is 0. The molecule has 2 N–H and O–H groups in total. The number of nitrogens with one attached hydrogen (secondary N) is 2. The van der Waals surface area contributed by atoms with Gasteiger partial charge in [-0.1, -0.05) is 0 Å². The van der Waals surface area contributed by atoms with Gasteiger partial charge in [0.2, 0.25) is 0 Å². The van der Waals surface area contributed by atoms with Gasteiger partial charge in [-0.3, -0.25) is 4.68 Å². The van der Waals surface area contributed by atoms with E-state index in [0.717, 1.165) is 31.9 Å². The summed E-state index contributed by atoms with van der Waals surface area (Å²) in [6.07, 6.45) is 5.01. The monoisotopic (exact) mass is 252 g/mol. The Labute approximate surface area is 109 Å². The molecule has 1 aromatic heterocycles. The van der Waals surface area contributed by atoms with Gasteiger partial charge in [0.25, 0.3) is 0 Å². The van der Waals surface area contributed by atoms with Crippen LogP contribution in [0.5, 0.6) is 0 Å². The second-order valence-corrected chi connectivity index (χ2v) is 5.31. The van der Waals surface area contributed by atoms with Gasteiger partial charge in [-0.2, -0.15) is 5.10 Å². The summed E-state index contributed by atoms with van der Waals surface area (Å²) in [4.78, 5) is 0. The molecule has 1 aliphatic rings. The second kappa shape index (κ2) is 6.20. The SMILES string of the molecule is CC(CC1COCCN1)Nc1cnn(C(C)C)c1. The van der Waals surface area contributed by atoms with Gasteiger partial charge in [-0.15, -0.1) is 0 Å². The van der Waals surface area contributed by atoms with Crippen molar-refractivity contribution in [1.82, 2.24) is 15.1 Å². The molecule has 2 atom stereocenters. The van der Waals surface area contributed by atoms with E-state index in [-0.39, 0.29) is 0 Å². The Balaban J connectivity index is 1.80. The Morgan fingerprint density at radius 3 is 3.00 bits per heavy atom. The molecule has 1 aliphatic heterocycles. The third-order valence-electron chi connectivity index (χ3n) is 3.18. The quantitative estimate of drug-likeness (QED) is 0.836. The van der Waals surface area contributed by atoms with Crippen LogP contribution in [0.4, 0.5) is 5.69 Å². The molecule has 2 rings (SSSR count). The number of hydrogen-bond donors (Lipinski definition) is 2. The smallest absolute Gasteiger partial charge is 0.0728 e. The van der Waals surface area contributed by atoms with Crippen LogP contribution < -0.4 is 10.6 Å². The Morgan fingerprint density at radius 1 is 1.56 bits per heavy atom. The minimum atomic E-state index is 0.407. The highest BCUT2D eigenvalue weighted by molar-refractivity contribution is 5.39. The molecule has 102 valence electrons. The number of hydrogen-bond acceptors (Lipinski definition) is 4. The maximum Gasteiger partial charge on any atom is 0.0728 e. The van der Waals surface area contributed by atoms with Gasteiger partial charge in [0.05, 0.1) is 25.1 Å². The normalized spacial score (nSPS) is 22.1. The number of ether oxygens (including phenoxy) is 1. The Morgan fingerprint density at radius 2 is 2.39 bits per heavy atom. The maximum absolute atomic E-state index is 5.46. The molecule has 5 heteroatoms. The third-order valence-corrected chi connectivity index (χ3v) is 3.18. The highest BCUT2D eigenvalue weighted by Crippen LogP contribution is 2.13. The number of aromatic nitrogens is 2. The molecular weight excluding hydrogens is 228 g/mol. The van der Waals surface area contributed by atoms with Crippen molar-refractivity contribution < 1.29 is 4.74 Å². The van der Waals surface area contributed by atoms with Crippen LogP contribution in [-0.4, -0.2) is 41.6 Å². The predicted molar refractivity (Wildman–Crippen MR) is 72.9 cm³/mol. The summed E-state index contributed by atoms with van der Waals surface area (Å²) in [6.45, 7) is 9.06. The van der Waals surface area contributed by atoms with E-state index in [9.17, 15) is 0 Å². The van der Waals surface area contributed by atoms with Gasteiger partial charge in [0, 0.05) is 30.9 Å². The van der Waals surface area contributed by atoms with E-state index in [0.29, 0.717) is 18.1 Å². The van der Waals surface area contributed by atoms with Crippen molar-refractivity contribution in [3.63, 3.8) is 0 Å². The summed E-state index contributed by atoms with van der Waals surface area (Å²) in [7, 11) is 0. The van der Waals surface area contributed by atoms with Gasteiger partial charge >= 0.3 is 0 Å². The number of nitrogens with zero attached hydrogens (tertiary/aromatic N) is 2. The lowest BCUT2D eigenvalue weighted by molar-refractivity contribution is 0.0731. The lowest BCUT2D eigenvalue weighted by Crippen LogP contribution is -2.43. The van der Waals surface area contributed by atoms with E-state index < -0.39 is 0 Å². The van der Waals surface area contributed by atoms with Gasteiger partial charge in [-0.25, -0.2) is 0 Å². The van der Waals surface area contributed by atoms with Crippen LogP contribution in [0, 0.1) is 0 Å². The van der Waals surface area contributed by atoms with Crippen LogP contribution in [0.15, 0.2) is 12.4 Å². The highest BCUT2D eigenvalue weighted by atomic mass is 16.5. The fraction of sp³-hybridized carbons (Fsp3) is 0.769. The van der Waals surface area contributed by atoms with E-state index in [4.69, 9.17) is 4.74 Å². The van der Waals surface area contributed by atoms with E-state index in [1.807, 2.05) is 10.9 Å². The summed E-state index contributed by atoms with van der Waals surface area (Å²) in [5.41, 5.74) is 1.09. The van der Waals surface area contributed by atoms with E-state index in [2.05, 4.69) is 42.7 Å². The summed E-state index contributed by atoms with van der Waals surface area (Å²) < 4.78 is 7.43. The molecule has 0 aliphatic carbocycles. The third kappa shape index (κ3) is 3.71. The molecule has 0 spiro atoms. The number of morpholine rings is 1. The van der Waals surface area contributed by atoms with Crippen LogP contribution >= 0.6 is 0 Å². The molecule has 0 bridgehead atoms. The average Bonchev–Trinajstić information content (AvgIpc) is 2.78. The number of rotatable bonds is 5. The summed E-state index contributed by atoms with van der Waals surface area (Å²) in [5, 5.41) is 11.3. The molecule has 0 aromatic carbocycles. The molecule has 2 heterocycles. The van der Waals surface area contributed by atoms with Crippen molar-refractivity contribution >= 4 is 5.69 Å². The van der Waals surface area contributed by atoms with Crippen LogP contribution in [0.25, 0.3) is 0 Å². The van der Waals surface area contributed by atoms with E-state index in [1.165, 1.54) is 0 Å². The van der Waals surface area contributed by atoms with Crippen molar-refractivity contribution in [3.05, 3.63) is 12.4 Å². The van der Waals surface area contributed by atoms with Crippen molar-refractivity contribution in [2.45, 2.75) is 45.3 Å². The molecule has 2 unspecified atom stereocenters. The van der Waals surface area contributed by atoms with Crippen LogP contribution in [0.3, 0.4) is 0 Å². The maximum atomic E-state index is 5.46. The first-order valence-corrected chi connectivity index (χ1v) is 6.77. The zero-order chi connectivity index (χ0) is 13.0. The van der Waals surface area contributed by atoms with Crippen LogP contribution in [0.2, 0.25) is 0 Å². The topological polar surface area (TPSA) is 51.1 Å². The Kier molecular flexibility index (Phi) is 4.60. The molecule has 18 heavy (non-hydrogen) atoms. The molecule has 0 saturated carbocycles. The van der Waals surface area contributed by atoms with Gasteiger partial charge in [-0.05, 0) is 27.2 Å². The molecule has 1 fully saturated rings. The lowest BCUT2D eigenvalue weighted by atomic mass is 10.1. The molecule has 1 aromatic rings. The largest absolute Gasteiger partial charge is 0.380 e. The minimum absolute atomic E-state index is 0.407. The van der Waals surface area contributed by atoms with Crippen molar-refractivity contribution in [1.29, 1.82) is 0 Å². The first kappa shape index (κ1) is 13.4. The molecule has 0 amide bonds. The Bertz CT molecular complexity index is 358. The lowest BCUT2D eigenvalue weighted by Gasteiger charge is -2.26. The van der Waals surface area contributed by atoms with Crippen LogP contribution in [-0.2, 0) is 4.74 Å². The van der Waals surface area contributed by atoms with Gasteiger partial charge in [0.15, 0.2) is 0 Å². The van der Waals surface area contributed by atoms with Crippen LogP contribution in [0.1, 0.15) is 33.2 Å². The van der Waals surface area contributed by atoms with Crippen molar-refractivity contribution in [2.75, 3.05) is 25.1 Å². The van der Waals surface area contributed by atoms with Gasteiger partial charge < -0.3 is 15.4 Å². The fourth-order valence-corrected chi connectivity index (χ4v) is 2.24. The standard InChI is InChI=1S/C13H24N4O/c1-10(2)17-8-13(7-15-17)16-11(3)6-12-9-18-5-4-14-12/h7-8,10-12,14,16H,4-6,9H2,1-3H3. The molecule has 1 saturated heterocycles. The zero-order valence-corrected chi connectivity index (χ0v) is 11.5. The highest BCUT2D eigenvalue weighted by Gasteiger charge is 2.16. The summed E-state index contributed by atoms with van der Waals surface area (Å²) in [6, 6.07) is 1.28. The zero-order valence-electron chi connectivity index (χ0n) is 11.5.